The molecule has 182 valence electrons. The molecule has 2 aliphatic rings. The highest BCUT2D eigenvalue weighted by Crippen LogP contribution is 2.41. The summed E-state index contributed by atoms with van der Waals surface area (Å²) in [5, 5.41) is 15.2. The van der Waals surface area contributed by atoms with Crippen LogP contribution in [-0.2, 0) is 31.1 Å². The Labute approximate surface area is 209 Å². The Kier molecular flexibility index (Phi) is 8.63. The van der Waals surface area contributed by atoms with Crippen LogP contribution in [0.5, 0.6) is 0 Å². The molecule has 0 atom stereocenters. The van der Waals surface area contributed by atoms with E-state index >= 15 is 0 Å². The first-order chi connectivity index (χ1) is 15.4. The van der Waals surface area contributed by atoms with Crippen LogP contribution in [-0.4, -0.2) is 33.8 Å². The molecule has 1 saturated carbocycles. The van der Waals surface area contributed by atoms with E-state index in [1.165, 1.54) is 12.1 Å². The minimum atomic E-state index is -4.34. The summed E-state index contributed by atoms with van der Waals surface area (Å²) in [6.07, 6.45) is 2.56. The van der Waals surface area contributed by atoms with E-state index in [0.717, 1.165) is 74.8 Å². The average molecular weight is 576 g/mol. The first-order valence-electron chi connectivity index (χ1n) is 11.5. The molecule has 0 amide bonds. The number of alkyl halides is 3. The molecule has 1 aromatic heterocycles. The van der Waals surface area contributed by atoms with Crippen LogP contribution >= 0.6 is 24.0 Å². The van der Waals surface area contributed by atoms with Gasteiger partial charge in [-0.2, -0.15) is 13.2 Å². The number of hydrogen-bond acceptors (Lipinski definition) is 3. The van der Waals surface area contributed by atoms with Crippen LogP contribution in [0.25, 0.3) is 0 Å². The molecule has 0 bridgehead atoms. The predicted molar refractivity (Wildman–Crippen MR) is 133 cm³/mol. The topological polar surface area (TPSA) is 67.1 Å². The molecule has 1 fully saturated rings. The second-order valence-electron chi connectivity index (χ2n) is 8.76. The number of nitrogens with zero attached hydrogens (tertiary/aromatic N) is 4. The third-order valence-electron chi connectivity index (χ3n) is 6.62. The summed E-state index contributed by atoms with van der Waals surface area (Å²) in [4.78, 5) is 4.69. The lowest BCUT2D eigenvalue weighted by molar-refractivity contribution is -0.137. The summed E-state index contributed by atoms with van der Waals surface area (Å²) in [5.41, 5.74) is -0.168. The fraction of sp³-hybridized carbons (Fsp3) is 0.609. The van der Waals surface area contributed by atoms with Gasteiger partial charge in [0.15, 0.2) is 11.8 Å². The van der Waals surface area contributed by atoms with Crippen molar-refractivity contribution in [2.24, 2.45) is 4.99 Å². The van der Waals surface area contributed by atoms with E-state index < -0.39 is 11.7 Å². The van der Waals surface area contributed by atoms with E-state index in [2.05, 4.69) is 25.4 Å². The molecule has 2 N–H and O–H groups in total. The summed E-state index contributed by atoms with van der Waals surface area (Å²) in [5.74, 6) is 2.51. The quantitative estimate of drug-likeness (QED) is 0.294. The molecule has 0 radical (unpaired) electrons. The van der Waals surface area contributed by atoms with Gasteiger partial charge < -0.3 is 15.2 Å². The second kappa shape index (κ2) is 11.1. The van der Waals surface area contributed by atoms with Gasteiger partial charge in [-0.05, 0) is 37.8 Å². The van der Waals surface area contributed by atoms with E-state index in [-0.39, 0.29) is 29.4 Å². The normalized spacial score (nSPS) is 17.9. The zero-order valence-electron chi connectivity index (χ0n) is 18.9. The molecule has 1 aromatic carbocycles. The molecule has 2 heterocycles. The van der Waals surface area contributed by atoms with Gasteiger partial charge in [0.1, 0.15) is 12.4 Å². The van der Waals surface area contributed by atoms with Crippen LogP contribution in [0, 0.1) is 0 Å². The molecule has 1 aliphatic heterocycles. The third-order valence-corrected chi connectivity index (χ3v) is 6.62. The number of hydrogen-bond donors (Lipinski definition) is 2. The minimum absolute atomic E-state index is 0. The number of rotatable bonds is 6. The zero-order chi connectivity index (χ0) is 22.6. The highest BCUT2D eigenvalue weighted by Gasteiger charge is 2.37. The molecule has 2 aromatic rings. The number of aryl methyl sites for hydroxylation is 1. The van der Waals surface area contributed by atoms with Crippen molar-refractivity contribution in [3.8, 4) is 0 Å². The van der Waals surface area contributed by atoms with Crippen LogP contribution in [0.3, 0.4) is 0 Å². The third kappa shape index (κ3) is 5.99. The monoisotopic (exact) mass is 576 g/mol. The van der Waals surface area contributed by atoms with Crippen molar-refractivity contribution in [1.29, 1.82) is 0 Å². The number of aliphatic imine (C=N–C) groups is 1. The standard InChI is InChI=1S/C23H31F3N6.HI/c1-2-27-21(28-15-20-31-30-19-10-7-13-32(19)20)29-16-22(11-4-3-5-12-22)17-8-6-9-18(14-17)23(24,25)26;/h6,8-9,14H,2-5,7,10-13,15-16H2,1H3,(H2,27,28,29);1H. The number of aromatic nitrogens is 3. The van der Waals surface area contributed by atoms with Crippen molar-refractivity contribution >= 4 is 29.9 Å². The fourth-order valence-corrected chi connectivity index (χ4v) is 4.89. The molecule has 0 spiro atoms. The molecule has 1 aliphatic carbocycles. The number of fused-ring (bicyclic) bond motifs is 1. The van der Waals surface area contributed by atoms with Crippen LogP contribution < -0.4 is 10.6 Å². The van der Waals surface area contributed by atoms with Crippen LogP contribution in [0.1, 0.15) is 68.2 Å². The van der Waals surface area contributed by atoms with E-state index in [0.29, 0.717) is 25.6 Å². The van der Waals surface area contributed by atoms with Gasteiger partial charge in [0.25, 0.3) is 0 Å². The summed E-state index contributed by atoms with van der Waals surface area (Å²) in [6, 6.07) is 5.85. The van der Waals surface area contributed by atoms with Gasteiger partial charge in [-0.25, -0.2) is 4.99 Å². The largest absolute Gasteiger partial charge is 0.416 e. The molecule has 10 heteroatoms. The SMILES string of the molecule is CCNC(=NCc1nnc2n1CCC2)NCC1(c2cccc(C(F)(F)F)c2)CCCCC1.I. The lowest BCUT2D eigenvalue weighted by atomic mass is 9.69. The van der Waals surface area contributed by atoms with E-state index in [4.69, 9.17) is 4.99 Å². The summed E-state index contributed by atoms with van der Waals surface area (Å²) in [7, 11) is 0. The Bertz CT molecular complexity index is 950. The van der Waals surface area contributed by atoms with Crippen molar-refractivity contribution in [2.45, 2.75) is 76.6 Å². The van der Waals surface area contributed by atoms with Gasteiger partial charge in [0.05, 0.1) is 5.56 Å². The number of halogens is 4. The van der Waals surface area contributed by atoms with Gasteiger partial charge in [-0.15, -0.1) is 34.2 Å². The molecule has 0 unspecified atom stereocenters. The highest BCUT2D eigenvalue weighted by atomic mass is 127. The van der Waals surface area contributed by atoms with Gasteiger partial charge in [-0.3, -0.25) is 0 Å². The van der Waals surface area contributed by atoms with Gasteiger partial charge in [-0.1, -0.05) is 37.5 Å². The summed E-state index contributed by atoms with van der Waals surface area (Å²) >= 11 is 0. The Morgan fingerprint density at radius 3 is 2.64 bits per heavy atom. The second-order valence-corrected chi connectivity index (χ2v) is 8.76. The van der Waals surface area contributed by atoms with Gasteiger partial charge in [0.2, 0.25) is 0 Å². The van der Waals surface area contributed by atoms with Gasteiger partial charge >= 0.3 is 6.18 Å². The van der Waals surface area contributed by atoms with E-state index in [1.54, 1.807) is 0 Å². The molecular weight excluding hydrogens is 544 g/mol. The number of benzene rings is 1. The summed E-state index contributed by atoms with van der Waals surface area (Å²) in [6.45, 7) is 4.57. The molecule has 0 saturated heterocycles. The highest BCUT2D eigenvalue weighted by molar-refractivity contribution is 14.0. The fourth-order valence-electron chi connectivity index (χ4n) is 4.89. The van der Waals surface area contributed by atoms with Crippen molar-refractivity contribution in [3.05, 3.63) is 47.0 Å². The van der Waals surface area contributed by atoms with E-state index in [9.17, 15) is 13.2 Å². The smallest absolute Gasteiger partial charge is 0.357 e. The summed E-state index contributed by atoms with van der Waals surface area (Å²) < 4.78 is 42.2. The molecular formula is C23H32F3IN6. The van der Waals surface area contributed by atoms with Gasteiger partial charge in [0, 0.05) is 31.5 Å². The van der Waals surface area contributed by atoms with E-state index in [1.807, 2.05) is 13.0 Å². The Morgan fingerprint density at radius 2 is 1.91 bits per heavy atom. The van der Waals surface area contributed by atoms with Crippen molar-refractivity contribution < 1.29 is 13.2 Å². The lowest BCUT2D eigenvalue weighted by Gasteiger charge is -2.38. The molecule has 6 nitrogen and oxygen atoms in total. The lowest BCUT2D eigenvalue weighted by Crippen LogP contribution is -2.46. The maximum atomic E-state index is 13.3. The Balaban J connectivity index is 0.00000306. The minimum Gasteiger partial charge on any atom is -0.357 e. The van der Waals surface area contributed by atoms with Crippen LogP contribution in [0.4, 0.5) is 13.2 Å². The Hall–Kier alpha value is -1.85. The average Bonchev–Trinajstić information content (AvgIpc) is 3.40. The maximum absolute atomic E-state index is 13.3. The molecule has 33 heavy (non-hydrogen) atoms. The van der Waals surface area contributed by atoms with Crippen molar-refractivity contribution in [3.63, 3.8) is 0 Å². The van der Waals surface area contributed by atoms with Crippen LogP contribution in [0.2, 0.25) is 0 Å². The maximum Gasteiger partial charge on any atom is 0.416 e. The Morgan fingerprint density at radius 1 is 1.12 bits per heavy atom. The number of nitrogens with one attached hydrogen (secondary N) is 2. The predicted octanol–water partition coefficient (Wildman–Crippen LogP) is 4.82. The first-order valence-corrected chi connectivity index (χ1v) is 11.5. The number of guanidine groups is 1. The zero-order valence-corrected chi connectivity index (χ0v) is 21.2. The van der Waals surface area contributed by atoms with Crippen molar-refractivity contribution in [2.75, 3.05) is 13.1 Å². The molecule has 4 rings (SSSR count). The van der Waals surface area contributed by atoms with Crippen molar-refractivity contribution in [1.82, 2.24) is 25.4 Å². The van der Waals surface area contributed by atoms with Crippen LogP contribution in [0.15, 0.2) is 29.3 Å². The first kappa shape index (κ1) is 25.8.